The van der Waals surface area contributed by atoms with Crippen LogP contribution in [0.25, 0.3) is 0 Å². The average Bonchev–Trinajstić information content (AvgIpc) is 2.92. The molecular weight excluding hydrogens is 256 g/mol. The molecule has 5 heteroatoms. The van der Waals surface area contributed by atoms with Gasteiger partial charge in [0, 0.05) is 40.5 Å². The second kappa shape index (κ2) is 8.60. The summed E-state index contributed by atoms with van der Waals surface area (Å²) in [5, 5.41) is 3.35. The third kappa shape index (κ3) is 4.17. The Morgan fingerprint density at radius 2 is 1.95 bits per heavy atom. The van der Waals surface area contributed by atoms with Gasteiger partial charge >= 0.3 is 0 Å². The molecule has 1 unspecified atom stereocenters. The number of ether oxygens (including phenoxy) is 2. The van der Waals surface area contributed by atoms with E-state index < -0.39 is 0 Å². The molecule has 0 aliphatic carbocycles. The molecule has 1 N–H and O–H groups in total. The van der Waals surface area contributed by atoms with Crippen molar-refractivity contribution in [1.82, 2.24) is 10.2 Å². The van der Waals surface area contributed by atoms with Crippen molar-refractivity contribution in [2.24, 2.45) is 11.3 Å². The zero-order valence-electron chi connectivity index (χ0n) is 13.4. The molecule has 0 bridgehead atoms. The second-order valence-electron chi connectivity index (χ2n) is 5.87. The summed E-state index contributed by atoms with van der Waals surface area (Å²) < 4.78 is 10.2. The Bertz CT molecular complexity index is 289. The molecule has 5 nitrogen and oxygen atoms in total. The molecule has 1 rings (SSSR count). The first-order valence-corrected chi connectivity index (χ1v) is 7.56. The van der Waals surface area contributed by atoms with Gasteiger partial charge in [-0.3, -0.25) is 4.79 Å². The normalized spacial score (nSPS) is 22.4. The van der Waals surface area contributed by atoms with Crippen molar-refractivity contribution in [3.8, 4) is 0 Å². The highest BCUT2D eigenvalue weighted by atomic mass is 16.5. The van der Waals surface area contributed by atoms with E-state index in [0.717, 1.165) is 32.5 Å². The van der Waals surface area contributed by atoms with Crippen molar-refractivity contribution in [2.45, 2.75) is 26.7 Å². The largest absolute Gasteiger partial charge is 0.385 e. The van der Waals surface area contributed by atoms with Crippen molar-refractivity contribution >= 4 is 5.91 Å². The van der Waals surface area contributed by atoms with E-state index in [1.807, 2.05) is 4.90 Å². The quantitative estimate of drug-likeness (QED) is 0.646. The molecule has 1 fully saturated rings. The predicted octanol–water partition coefficient (Wildman–Crippen LogP) is 1.13. The maximum atomic E-state index is 13.0. The molecule has 1 amide bonds. The lowest BCUT2D eigenvalue weighted by Gasteiger charge is -2.37. The van der Waals surface area contributed by atoms with E-state index in [0.29, 0.717) is 25.7 Å². The second-order valence-corrected chi connectivity index (χ2v) is 5.87. The number of nitrogens with zero attached hydrogens (tertiary/aromatic N) is 1. The fourth-order valence-corrected chi connectivity index (χ4v) is 2.86. The van der Waals surface area contributed by atoms with Crippen LogP contribution in [0, 0.1) is 11.3 Å². The lowest BCUT2D eigenvalue weighted by molar-refractivity contribution is -0.144. The summed E-state index contributed by atoms with van der Waals surface area (Å²) in [5.41, 5.74) is -0.249. The monoisotopic (exact) mass is 286 g/mol. The van der Waals surface area contributed by atoms with Crippen molar-refractivity contribution in [3.05, 3.63) is 0 Å². The highest BCUT2D eigenvalue weighted by molar-refractivity contribution is 5.83. The maximum absolute atomic E-state index is 13.0. The lowest BCUT2D eigenvalue weighted by atomic mass is 9.75. The molecule has 0 aromatic carbocycles. The molecule has 118 valence electrons. The molecule has 1 aliphatic rings. The standard InChI is InChI=1S/C15H30N2O3/c1-13(2)15(6-7-16-12-15)14(18)17(9-11-20-4)8-5-10-19-3/h13,16H,5-12H2,1-4H3. The number of hydrogen-bond donors (Lipinski definition) is 1. The summed E-state index contributed by atoms with van der Waals surface area (Å²) in [6.45, 7) is 8.68. The fourth-order valence-electron chi connectivity index (χ4n) is 2.86. The zero-order valence-corrected chi connectivity index (χ0v) is 13.4. The lowest BCUT2D eigenvalue weighted by Crippen LogP contribution is -2.49. The van der Waals surface area contributed by atoms with Crippen LogP contribution in [0.1, 0.15) is 26.7 Å². The molecule has 0 radical (unpaired) electrons. The highest BCUT2D eigenvalue weighted by Gasteiger charge is 2.45. The molecule has 20 heavy (non-hydrogen) atoms. The number of carbonyl (C=O) groups is 1. The van der Waals surface area contributed by atoms with Crippen LogP contribution in [0.5, 0.6) is 0 Å². The summed E-state index contributed by atoms with van der Waals surface area (Å²) in [6, 6.07) is 0. The first-order chi connectivity index (χ1) is 9.58. The Labute approximate surface area is 123 Å². The third-order valence-electron chi connectivity index (χ3n) is 4.35. The third-order valence-corrected chi connectivity index (χ3v) is 4.35. The summed E-state index contributed by atoms with van der Waals surface area (Å²) in [4.78, 5) is 15.0. The Morgan fingerprint density at radius 1 is 1.25 bits per heavy atom. The molecule has 0 aromatic rings. The fraction of sp³-hybridized carbons (Fsp3) is 0.933. The number of methoxy groups -OCH3 is 2. The smallest absolute Gasteiger partial charge is 0.230 e. The molecular formula is C15H30N2O3. The van der Waals surface area contributed by atoms with Crippen LogP contribution >= 0.6 is 0 Å². The summed E-state index contributed by atoms with van der Waals surface area (Å²) in [7, 11) is 3.37. The molecule has 1 aliphatic heterocycles. The van der Waals surface area contributed by atoms with E-state index in [4.69, 9.17) is 9.47 Å². The summed E-state index contributed by atoms with van der Waals surface area (Å²) >= 11 is 0. The molecule has 0 saturated carbocycles. The van der Waals surface area contributed by atoms with Crippen LogP contribution in [0.15, 0.2) is 0 Å². The minimum atomic E-state index is -0.249. The predicted molar refractivity (Wildman–Crippen MR) is 79.7 cm³/mol. The molecule has 0 spiro atoms. The van der Waals surface area contributed by atoms with Gasteiger partial charge in [-0.25, -0.2) is 0 Å². The summed E-state index contributed by atoms with van der Waals surface area (Å²) in [5.74, 6) is 0.614. The topological polar surface area (TPSA) is 50.8 Å². The Kier molecular flexibility index (Phi) is 7.48. The number of amides is 1. The van der Waals surface area contributed by atoms with Crippen LogP contribution in [0.2, 0.25) is 0 Å². The Balaban J connectivity index is 2.73. The minimum Gasteiger partial charge on any atom is -0.385 e. The van der Waals surface area contributed by atoms with Crippen LogP contribution < -0.4 is 5.32 Å². The average molecular weight is 286 g/mol. The SMILES string of the molecule is COCCCN(CCOC)C(=O)C1(C(C)C)CCNC1. The number of rotatable bonds is 9. The number of nitrogens with one attached hydrogen (secondary N) is 1. The van der Waals surface area contributed by atoms with Gasteiger partial charge in [-0.2, -0.15) is 0 Å². The zero-order chi connectivity index (χ0) is 15.0. The van der Waals surface area contributed by atoms with Crippen molar-refractivity contribution in [3.63, 3.8) is 0 Å². The van der Waals surface area contributed by atoms with E-state index in [9.17, 15) is 4.79 Å². The molecule has 0 aromatic heterocycles. The van der Waals surface area contributed by atoms with Gasteiger partial charge in [-0.15, -0.1) is 0 Å². The van der Waals surface area contributed by atoms with Crippen molar-refractivity contribution in [2.75, 3.05) is 53.6 Å². The number of hydrogen-bond acceptors (Lipinski definition) is 4. The van der Waals surface area contributed by atoms with Gasteiger partial charge in [0.1, 0.15) is 0 Å². The van der Waals surface area contributed by atoms with E-state index in [1.54, 1.807) is 14.2 Å². The maximum Gasteiger partial charge on any atom is 0.230 e. The van der Waals surface area contributed by atoms with Gasteiger partial charge in [-0.05, 0) is 25.3 Å². The van der Waals surface area contributed by atoms with Gasteiger partial charge in [0.2, 0.25) is 5.91 Å². The van der Waals surface area contributed by atoms with E-state index >= 15 is 0 Å². The summed E-state index contributed by atoms with van der Waals surface area (Å²) in [6.07, 6.45) is 1.80. The van der Waals surface area contributed by atoms with E-state index in [-0.39, 0.29) is 11.3 Å². The van der Waals surface area contributed by atoms with E-state index in [1.165, 1.54) is 0 Å². The van der Waals surface area contributed by atoms with Gasteiger partial charge < -0.3 is 19.7 Å². The van der Waals surface area contributed by atoms with Gasteiger partial charge in [0.15, 0.2) is 0 Å². The first-order valence-electron chi connectivity index (χ1n) is 7.56. The molecule has 1 saturated heterocycles. The van der Waals surface area contributed by atoms with Crippen LogP contribution in [0.4, 0.5) is 0 Å². The van der Waals surface area contributed by atoms with Gasteiger partial charge in [0.25, 0.3) is 0 Å². The van der Waals surface area contributed by atoms with E-state index in [2.05, 4.69) is 19.2 Å². The molecule has 1 heterocycles. The van der Waals surface area contributed by atoms with Crippen molar-refractivity contribution < 1.29 is 14.3 Å². The van der Waals surface area contributed by atoms with Gasteiger partial charge in [-0.1, -0.05) is 13.8 Å². The minimum absolute atomic E-state index is 0.249. The number of carbonyl (C=O) groups excluding carboxylic acids is 1. The van der Waals surface area contributed by atoms with Crippen LogP contribution in [0.3, 0.4) is 0 Å². The Hall–Kier alpha value is -0.650. The van der Waals surface area contributed by atoms with Crippen LogP contribution in [-0.4, -0.2) is 64.4 Å². The first kappa shape index (κ1) is 17.4. The highest BCUT2D eigenvalue weighted by Crippen LogP contribution is 2.36. The molecule has 1 atom stereocenters. The Morgan fingerprint density at radius 3 is 2.45 bits per heavy atom. The van der Waals surface area contributed by atoms with Crippen molar-refractivity contribution in [1.29, 1.82) is 0 Å². The van der Waals surface area contributed by atoms with Gasteiger partial charge in [0.05, 0.1) is 12.0 Å². The van der Waals surface area contributed by atoms with Crippen LogP contribution in [-0.2, 0) is 14.3 Å².